The van der Waals surface area contributed by atoms with Crippen LogP contribution in [-0.2, 0) is 4.79 Å². The Morgan fingerprint density at radius 3 is 2.81 bits per heavy atom. The number of benzene rings is 1. The highest BCUT2D eigenvalue weighted by atomic mass is 32.2. The lowest BCUT2D eigenvalue weighted by atomic mass is 9.63. The molecule has 2 fully saturated rings. The van der Waals surface area contributed by atoms with E-state index in [0.29, 0.717) is 5.92 Å². The average Bonchev–Trinajstić information content (AvgIpc) is 3.13. The van der Waals surface area contributed by atoms with Crippen molar-refractivity contribution in [3.63, 3.8) is 0 Å². The first-order valence-electron chi connectivity index (χ1n) is 9.65. The Kier molecular flexibility index (Phi) is 5.13. The predicted octanol–water partition coefficient (Wildman–Crippen LogP) is 2.61. The molecule has 0 radical (unpaired) electrons. The Bertz CT molecular complexity index is 690. The predicted molar refractivity (Wildman–Crippen MR) is 106 cm³/mol. The van der Waals surface area contributed by atoms with Gasteiger partial charge in [-0.05, 0) is 48.3 Å². The Morgan fingerprint density at radius 1 is 1.31 bits per heavy atom. The second-order valence-electron chi connectivity index (χ2n) is 7.95. The number of aliphatic hydroxyl groups excluding tert-OH is 1. The number of allylic oxidation sites excluding steroid dienone is 1. The van der Waals surface area contributed by atoms with E-state index in [1.807, 2.05) is 7.05 Å². The van der Waals surface area contributed by atoms with Crippen molar-refractivity contribution >= 4 is 17.7 Å². The molecule has 1 aromatic carbocycles. The Morgan fingerprint density at radius 2 is 2.08 bits per heavy atom. The summed E-state index contributed by atoms with van der Waals surface area (Å²) in [5, 5.41) is 19.4. The molecule has 2 heterocycles. The third-order valence-corrected chi connectivity index (χ3v) is 7.51. The van der Waals surface area contributed by atoms with E-state index in [9.17, 15) is 9.90 Å². The van der Waals surface area contributed by atoms with Gasteiger partial charge in [-0.3, -0.25) is 4.79 Å². The van der Waals surface area contributed by atoms with Gasteiger partial charge in [0.2, 0.25) is 5.91 Å². The zero-order valence-electron chi connectivity index (χ0n) is 15.4. The number of hydrogen-bond acceptors (Lipinski definition) is 4. The van der Waals surface area contributed by atoms with Gasteiger partial charge in [-0.15, -0.1) is 11.8 Å². The highest BCUT2D eigenvalue weighted by Gasteiger charge is 2.51. The smallest absolute Gasteiger partial charge is 0.234 e. The van der Waals surface area contributed by atoms with E-state index >= 15 is 0 Å². The number of carbonyl (C=O) groups excluding carboxylic acids is 1. The van der Waals surface area contributed by atoms with Crippen LogP contribution < -0.4 is 10.6 Å². The molecule has 0 spiro atoms. The Hall–Kier alpha value is -1.30. The van der Waals surface area contributed by atoms with Gasteiger partial charge in [-0.1, -0.05) is 37.3 Å². The lowest BCUT2D eigenvalue weighted by Gasteiger charge is -2.48. The highest BCUT2D eigenvalue weighted by Crippen LogP contribution is 2.50. The molecular formula is C21H28N2O2S. The molecule has 0 bridgehead atoms. The van der Waals surface area contributed by atoms with E-state index in [0.717, 1.165) is 19.4 Å². The minimum atomic E-state index is -0.341. The quantitative estimate of drug-likeness (QED) is 0.760. The molecule has 7 atom stereocenters. The Labute approximate surface area is 159 Å². The summed E-state index contributed by atoms with van der Waals surface area (Å²) in [6.45, 7) is 3.17. The van der Waals surface area contributed by atoms with Crippen LogP contribution in [0.3, 0.4) is 0 Å². The van der Waals surface area contributed by atoms with Crippen LogP contribution in [0.1, 0.15) is 42.7 Å². The van der Waals surface area contributed by atoms with Crippen LogP contribution in [0, 0.1) is 11.8 Å². The van der Waals surface area contributed by atoms with E-state index in [-0.39, 0.29) is 41.1 Å². The standard InChI is InChI=1S/C21H28N2O2S/c1-12(11-22-2)13-3-5-14(6-4-13)18-17(24)8-7-16-19(18)15-9-10-26-20(15)21(25)23-16/h3-6,9-10,12,15-20,22,24H,7-8,11H2,1-2H3,(H,23,25)/t12-,15?,16?,17?,18?,19?,20?/m1/s1. The van der Waals surface area contributed by atoms with Gasteiger partial charge >= 0.3 is 0 Å². The van der Waals surface area contributed by atoms with Gasteiger partial charge in [0.1, 0.15) is 0 Å². The number of thioether (sulfide) groups is 1. The molecule has 4 nitrogen and oxygen atoms in total. The molecule has 2 aliphatic heterocycles. The number of aliphatic hydroxyl groups is 1. The zero-order valence-corrected chi connectivity index (χ0v) is 16.2. The summed E-state index contributed by atoms with van der Waals surface area (Å²) in [7, 11) is 1.98. The first kappa shape index (κ1) is 18.1. The first-order valence-corrected chi connectivity index (χ1v) is 10.6. The summed E-state index contributed by atoms with van der Waals surface area (Å²) in [4.78, 5) is 12.4. The van der Waals surface area contributed by atoms with Gasteiger partial charge in [0.05, 0.1) is 11.4 Å². The maximum atomic E-state index is 12.4. The second-order valence-corrected chi connectivity index (χ2v) is 9.00. The van der Waals surface area contributed by atoms with Crippen LogP contribution >= 0.6 is 11.8 Å². The number of piperidine rings is 1. The van der Waals surface area contributed by atoms with Crippen molar-refractivity contribution in [2.45, 2.75) is 49.0 Å². The third kappa shape index (κ3) is 3.10. The molecule has 0 aromatic heterocycles. The van der Waals surface area contributed by atoms with Gasteiger partial charge in [0.15, 0.2) is 0 Å². The van der Waals surface area contributed by atoms with E-state index in [1.54, 1.807) is 11.8 Å². The molecule has 5 heteroatoms. The van der Waals surface area contributed by atoms with E-state index in [4.69, 9.17) is 0 Å². The Balaban J connectivity index is 1.63. The second kappa shape index (κ2) is 7.37. The topological polar surface area (TPSA) is 61.4 Å². The molecule has 1 saturated heterocycles. The molecular weight excluding hydrogens is 344 g/mol. The summed E-state index contributed by atoms with van der Waals surface area (Å²) < 4.78 is 0. The van der Waals surface area contributed by atoms with Crippen molar-refractivity contribution in [2.24, 2.45) is 11.8 Å². The number of amides is 1. The molecule has 1 aromatic rings. The van der Waals surface area contributed by atoms with Gasteiger partial charge in [-0.2, -0.15) is 0 Å². The molecule has 1 aliphatic carbocycles. The van der Waals surface area contributed by atoms with E-state index in [1.165, 1.54) is 11.1 Å². The fourth-order valence-electron chi connectivity index (χ4n) is 5.06. The fourth-order valence-corrected chi connectivity index (χ4v) is 6.15. The maximum Gasteiger partial charge on any atom is 0.234 e. The molecule has 4 rings (SSSR count). The summed E-state index contributed by atoms with van der Waals surface area (Å²) in [6, 6.07) is 8.95. The van der Waals surface area contributed by atoms with Crippen molar-refractivity contribution in [1.82, 2.24) is 10.6 Å². The van der Waals surface area contributed by atoms with E-state index in [2.05, 4.69) is 53.3 Å². The normalized spacial score (nSPS) is 37.0. The number of carbonyl (C=O) groups is 1. The van der Waals surface area contributed by atoms with Crippen molar-refractivity contribution in [1.29, 1.82) is 0 Å². The van der Waals surface area contributed by atoms with Crippen molar-refractivity contribution in [3.05, 3.63) is 46.9 Å². The van der Waals surface area contributed by atoms with Gasteiger partial charge in [0.25, 0.3) is 0 Å². The average molecular weight is 373 g/mol. The molecule has 6 unspecified atom stereocenters. The van der Waals surface area contributed by atoms with Crippen LogP contribution in [0.25, 0.3) is 0 Å². The minimum Gasteiger partial charge on any atom is -0.392 e. The summed E-state index contributed by atoms with van der Waals surface area (Å²) in [5.74, 6) is 1.21. The molecule has 140 valence electrons. The largest absolute Gasteiger partial charge is 0.392 e. The molecule has 3 aliphatic rings. The van der Waals surface area contributed by atoms with E-state index < -0.39 is 0 Å². The van der Waals surface area contributed by atoms with Gasteiger partial charge < -0.3 is 15.7 Å². The molecule has 1 saturated carbocycles. The van der Waals surface area contributed by atoms with Crippen molar-refractivity contribution < 1.29 is 9.90 Å². The van der Waals surface area contributed by atoms with Crippen LogP contribution in [0.15, 0.2) is 35.7 Å². The van der Waals surface area contributed by atoms with Crippen molar-refractivity contribution in [3.8, 4) is 0 Å². The van der Waals surface area contributed by atoms with Crippen LogP contribution in [0.5, 0.6) is 0 Å². The summed E-state index contributed by atoms with van der Waals surface area (Å²) >= 11 is 1.62. The summed E-state index contributed by atoms with van der Waals surface area (Å²) in [6.07, 6.45) is 3.47. The molecule has 1 amide bonds. The lowest BCUT2D eigenvalue weighted by molar-refractivity contribution is -0.126. The number of likely N-dealkylation sites (N-methyl/N-ethyl adjacent to an activating group) is 1. The van der Waals surface area contributed by atoms with Crippen LogP contribution in [0.4, 0.5) is 0 Å². The number of hydrogen-bond donors (Lipinski definition) is 3. The third-order valence-electron chi connectivity index (χ3n) is 6.37. The van der Waals surface area contributed by atoms with Gasteiger partial charge in [0, 0.05) is 24.4 Å². The van der Waals surface area contributed by atoms with Crippen LogP contribution in [-0.4, -0.2) is 42.0 Å². The highest BCUT2D eigenvalue weighted by molar-refractivity contribution is 8.03. The van der Waals surface area contributed by atoms with Crippen molar-refractivity contribution in [2.75, 3.05) is 13.6 Å². The monoisotopic (exact) mass is 372 g/mol. The molecule has 3 N–H and O–H groups in total. The number of fused-ring (bicyclic) bond motifs is 3. The lowest BCUT2D eigenvalue weighted by Crippen LogP contribution is -2.59. The minimum absolute atomic E-state index is 0.0287. The first-order chi connectivity index (χ1) is 12.6. The fraction of sp³-hybridized carbons (Fsp3) is 0.571. The maximum absolute atomic E-state index is 12.4. The van der Waals surface area contributed by atoms with Crippen LogP contribution in [0.2, 0.25) is 0 Å². The number of rotatable bonds is 4. The van der Waals surface area contributed by atoms with Gasteiger partial charge in [-0.25, -0.2) is 0 Å². The molecule has 26 heavy (non-hydrogen) atoms. The zero-order chi connectivity index (χ0) is 18.3. The number of nitrogens with one attached hydrogen (secondary N) is 2. The SMILES string of the molecule is CNC[C@@H](C)c1ccc(C2C(O)CCC3NC(=O)C4SC=CC4C32)cc1. The summed E-state index contributed by atoms with van der Waals surface area (Å²) in [5.41, 5.74) is 2.52.